The highest BCUT2D eigenvalue weighted by molar-refractivity contribution is 9.10. The maximum absolute atomic E-state index is 12.8. The van der Waals surface area contributed by atoms with E-state index in [1.54, 1.807) is 6.92 Å². The summed E-state index contributed by atoms with van der Waals surface area (Å²) < 4.78 is 37.2. The molecule has 1 aromatic carbocycles. The number of alkyl halides is 2. The van der Waals surface area contributed by atoms with Crippen molar-refractivity contribution in [2.75, 3.05) is 0 Å². The van der Waals surface area contributed by atoms with Crippen molar-refractivity contribution in [1.29, 1.82) is 0 Å². The van der Waals surface area contributed by atoms with Gasteiger partial charge in [0.15, 0.2) is 0 Å². The van der Waals surface area contributed by atoms with Gasteiger partial charge in [-0.3, -0.25) is 0 Å². The molecular formula is C8H6BrF3. The maximum atomic E-state index is 12.8. The Labute approximate surface area is 76.5 Å². The van der Waals surface area contributed by atoms with E-state index in [4.69, 9.17) is 0 Å². The van der Waals surface area contributed by atoms with Crippen molar-refractivity contribution in [2.45, 2.75) is 13.3 Å². The molecule has 66 valence electrons. The number of hydrogen-bond donors (Lipinski definition) is 0. The summed E-state index contributed by atoms with van der Waals surface area (Å²) in [5.41, 5.74) is 0.193. The molecule has 0 saturated heterocycles. The third-order valence-electron chi connectivity index (χ3n) is 1.48. The predicted octanol–water partition coefficient (Wildman–Crippen LogP) is 3.83. The van der Waals surface area contributed by atoms with E-state index in [9.17, 15) is 13.2 Å². The summed E-state index contributed by atoms with van der Waals surface area (Å²) in [6.45, 7) is 1.57. The van der Waals surface area contributed by atoms with Gasteiger partial charge in [0.05, 0.1) is 4.47 Å². The minimum absolute atomic E-state index is 0.243. The zero-order valence-corrected chi connectivity index (χ0v) is 7.83. The lowest BCUT2D eigenvalue weighted by Crippen LogP contribution is -1.90. The molecule has 0 aliphatic rings. The number of benzene rings is 1. The Balaban J connectivity index is 3.21. The van der Waals surface area contributed by atoms with Gasteiger partial charge in [-0.1, -0.05) is 0 Å². The van der Waals surface area contributed by atoms with Gasteiger partial charge >= 0.3 is 0 Å². The van der Waals surface area contributed by atoms with E-state index >= 15 is 0 Å². The second kappa shape index (κ2) is 3.47. The van der Waals surface area contributed by atoms with Crippen molar-refractivity contribution in [3.8, 4) is 0 Å². The molecule has 0 unspecified atom stereocenters. The van der Waals surface area contributed by atoms with Crippen LogP contribution in [0.3, 0.4) is 0 Å². The Morgan fingerprint density at radius 3 is 2.33 bits per heavy atom. The minimum Gasteiger partial charge on any atom is -0.206 e. The van der Waals surface area contributed by atoms with Crippen LogP contribution in [0.4, 0.5) is 13.2 Å². The first-order valence-corrected chi connectivity index (χ1v) is 4.05. The molecule has 0 atom stereocenters. The first kappa shape index (κ1) is 9.58. The van der Waals surface area contributed by atoms with Crippen LogP contribution in [0.5, 0.6) is 0 Å². The van der Waals surface area contributed by atoms with Gasteiger partial charge in [-0.15, -0.1) is 0 Å². The highest BCUT2D eigenvalue weighted by Gasteiger charge is 2.11. The fraction of sp³-hybridized carbons (Fsp3) is 0.250. The molecule has 0 amide bonds. The van der Waals surface area contributed by atoms with Gasteiger partial charge in [0.1, 0.15) is 5.82 Å². The minimum atomic E-state index is -2.62. The summed E-state index contributed by atoms with van der Waals surface area (Å²) in [5.74, 6) is -0.648. The average Bonchev–Trinajstić information content (AvgIpc) is 1.99. The number of rotatable bonds is 1. The molecule has 0 fully saturated rings. The predicted molar refractivity (Wildman–Crippen MR) is 43.8 cm³/mol. The largest absolute Gasteiger partial charge is 0.263 e. The van der Waals surface area contributed by atoms with Crippen molar-refractivity contribution in [1.82, 2.24) is 0 Å². The molecule has 1 rings (SSSR count). The molecule has 0 spiro atoms. The van der Waals surface area contributed by atoms with Gasteiger partial charge in [-0.2, -0.15) is 0 Å². The van der Waals surface area contributed by atoms with E-state index in [2.05, 4.69) is 15.9 Å². The SMILES string of the molecule is Cc1cc(C(F)F)cc(F)c1Br. The Morgan fingerprint density at radius 2 is 1.92 bits per heavy atom. The van der Waals surface area contributed by atoms with Crippen molar-refractivity contribution in [3.05, 3.63) is 33.5 Å². The van der Waals surface area contributed by atoms with Gasteiger partial charge < -0.3 is 0 Å². The number of hydrogen-bond acceptors (Lipinski definition) is 0. The van der Waals surface area contributed by atoms with Gasteiger partial charge in [-0.05, 0) is 40.5 Å². The van der Waals surface area contributed by atoms with Gasteiger partial charge in [0, 0.05) is 5.56 Å². The van der Waals surface area contributed by atoms with E-state index in [1.165, 1.54) is 6.07 Å². The van der Waals surface area contributed by atoms with Crippen LogP contribution in [0.2, 0.25) is 0 Å². The van der Waals surface area contributed by atoms with Crippen molar-refractivity contribution >= 4 is 15.9 Å². The Hall–Kier alpha value is -0.510. The average molecular weight is 239 g/mol. The first-order chi connectivity index (χ1) is 5.52. The molecule has 0 bridgehead atoms. The Morgan fingerprint density at radius 1 is 1.33 bits per heavy atom. The van der Waals surface area contributed by atoms with Crippen LogP contribution in [-0.2, 0) is 0 Å². The van der Waals surface area contributed by atoms with E-state index in [0.717, 1.165) is 6.07 Å². The monoisotopic (exact) mass is 238 g/mol. The van der Waals surface area contributed by atoms with Crippen LogP contribution in [0, 0.1) is 12.7 Å². The highest BCUT2D eigenvalue weighted by atomic mass is 79.9. The first-order valence-electron chi connectivity index (χ1n) is 3.26. The molecule has 0 aliphatic carbocycles. The molecular weight excluding hydrogens is 233 g/mol. The Bertz CT molecular complexity index is 273. The van der Waals surface area contributed by atoms with Crippen molar-refractivity contribution < 1.29 is 13.2 Å². The van der Waals surface area contributed by atoms with E-state index in [-0.39, 0.29) is 10.0 Å². The maximum Gasteiger partial charge on any atom is 0.263 e. The van der Waals surface area contributed by atoms with Crippen LogP contribution in [-0.4, -0.2) is 0 Å². The van der Waals surface area contributed by atoms with E-state index in [0.29, 0.717) is 5.56 Å². The van der Waals surface area contributed by atoms with E-state index < -0.39 is 12.2 Å². The Kier molecular flexibility index (Phi) is 2.77. The summed E-state index contributed by atoms with van der Waals surface area (Å²) in [4.78, 5) is 0. The van der Waals surface area contributed by atoms with Crippen molar-refractivity contribution in [2.24, 2.45) is 0 Å². The second-order valence-corrected chi connectivity index (χ2v) is 3.23. The topological polar surface area (TPSA) is 0 Å². The molecule has 0 radical (unpaired) electrons. The molecule has 0 aliphatic heterocycles. The molecule has 4 heteroatoms. The molecule has 12 heavy (non-hydrogen) atoms. The van der Waals surface area contributed by atoms with Crippen LogP contribution < -0.4 is 0 Å². The van der Waals surface area contributed by atoms with Gasteiger partial charge in [0.25, 0.3) is 6.43 Å². The summed E-state index contributed by atoms with van der Waals surface area (Å²) in [6.07, 6.45) is -2.62. The quantitative estimate of drug-likeness (QED) is 0.698. The third-order valence-corrected chi connectivity index (χ3v) is 2.49. The van der Waals surface area contributed by atoms with Crippen LogP contribution in [0.15, 0.2) is 16.6 Å². The lowest BCUT2D eigenvalue weighted by atomic mass is 10.1. The third kappa shape index (κ3) is 1.80. The van der Waals surface area contributed by atoms with Crippen LogP contribution >= 0.6 is 15.9 Å². The molecule has 0 N–H and O–H groups in total. The van der Waals surface area contributed by atoms with Gasteiger partial charge in [0.2, 0.25) is 0 Å². The standard InChI is InChI=1S/C8H6BrF3/c1-4-2-5(8(11)12)3-6(10)7(4)9/h2-3,8H,1H3. The summed E-state index contributed by atoms with van der Waals surface area (Å²) in [7, 11) is 0. The second-order valence-electron chi connectivity index (χ2n) is 2.43. The van der Waals surface area contributed by atoms with Crippen LogP contribution in [0.25, 0.3) is 0 Å². The lowest BCUT2D eigenvalue weighted by molar-refractivity contribution is 0.151. The zero-order valence-electron chi connectivity index (χ0n) is 6.24. The molecule has 0 saturated carbocycles. The molecule has 0 aromatic heterocycles. The fourth-order valence-corrected chi connectivity index (χ4v) is 1.11. The lowest BCUT2D eigenvalue weighted by Gasteiger charge is -2.04. The molecule has 0 nitrogen and oxygen atoms in total. The number of aryl methyl sites for hydroxylation is 1. The summed E-state index contributed by atoms with van der Waals surface area (Å²) in [6, 6.07) is 2.10. The van der Waals surface area contributed by atoms with Crippen molar-refractivity contribution in [3.63, 3.8) is 0 Å². The summed E-state index contributed by atoms with van der Waals surface area (Å²) >= 11 is 2.94. The fourth-order valence-electron chi connectivity index (χ4n) is 0.879. The smallest absolute Gasteiger partial charge is 0.206 e. The number of halogens is 4. The van der Waals surface area contributed by atoms with Gasteiger partial charge in [-0.25, -0.2) is 13.2 Å². The molecule has 0 heterocycles. The van der Waals surface area contributed by atoms with Crippen LogP contribution in [0.1, 0.15) is 17.6 Å². The highest BCUT2D eigenvalue weighted by Crippen LogP contribution is 2.26. The summed E-state index contributed by atoms with van der Waals surface area (Å²) in [5, 5.41) is 0. The normalized spacial score (nSPS) is 10.8. The molecule has 1 aromatic rings. The van der Waals surface area contributed by atoms with E-state index in [1.807, 2.05) is 0 Å². The zero-order chi connectivity index (χ0) is 9.30.